The summed E-state index contributed by atoms with van der Waals surface area (Å²) in [5, 5.41) is 9.25. The minimum Gasteiger partial charge on any atom is -0.481 e. The molecule has 5 nitrogen and oxygen atoms in total. The van der Waals surface area contributed by atoms with Crippen molar-refractivity contribution in [2.45, 2.75) is 32.1 Å². The fraction of sp³-hybridized carbons (Fsp3) is 0.500. The zero-order valence-electron chi connectivity index (χ0n) is 9.56. The van der Waals surface area contributed by atoms with Crippen molar-refractivity contribution in [3.63, 3.8) is 0 Å². The van der Waals surface area contributed by atoms with Gasteiger partial charge in [-0.15, -0.1) is 0 Å². The van der Waals surface area contributed by atoms with Crippen LogP contribution < -0.4 is 5.43 Å². The fourth-order valence-electron chi connectivity index (χ4n) is 2.42. The van der Waals surface area contributed by atoms with E-state index in [9.17, 15) is 14.7 Å². The molecule has 2 rings (SSSR count). The molecule has 0 aromatic carbocycles. The zero-order chi connectivity index (χ0) is 12.3. The summed E-state index contributed by atoms with van der Waals surface area (Å²) in [7, 11) is 0. The minimum atomic E-state index is -0.850. The van der Waals surface area contributed by atoms with E-state index in [0.717, 1.165) is 12.8 Å². The SMILES string of the molecule is O=C(CC1(C(=O)O)CCCC1)Nn1cccc1. The Morgan fingerprint density at radius 1 is 1.24 bits per heavy atom. The molecular weight excluding hydrogens is 220 g/mol. The lowest BCUT2D eigenvalue weighted by Crippen LogP contribution is -2.34. The molecule has 1 aliphatic carbocycles. The number of aromatic nitrogens is 1. The number of rotatable bonds is 4. The van der Waals surface area contributed by atoms with Crippen LogP contribution in [-0.2, 0) is 9.59 Å². The van der Waals surface area contributed by atoms with Gasteiger partial charge in [0.1, 0.15) is 0 Å². The second-order valence-electron chi connectivity index (χ2n) is 4.59. The van der Waals surface area contributed by atoms with Gasteiger partial charge in [0.2, 0.25) is 5.91 Å². The van der Waals surface area contributed by atoms with Crippen LogP contribution in [-0.4, -0.2) is 21.7 Å². The quantitative estimate of drug-likeness (QED) is 0.834. The van der Waals surface area contributed by atoms with E-state index in [2.05, 4.69) is 5.43 Å². The highest BCUT2D eigenvalue weighted by molar-refractivity contribution is 5.89. The summed E-state index contributed by atoms with van der Waals surface area (Å²) in [6.45, 7) is 0. The van der Waals surface area contributed by atoms with Gasteiger partial charge in [0.15, 0.2) is 0 Å². The molecule has 1 aromatic heterocycles. The number of carbonyl (C=O) groups excluding carboxylic acids is 1. The zero-order valence-corrected chi connectivity index (χ0v) is 9.56. The van der Waals surface area contributed by atoms with E-state index in [1.807, 2.05) is 0 Å². The van der Waals surface area contributed by atoms with Gasteiger partial charge in [-0.2, -0.15) is 0 Å². The molecule has 1 heterocycles. The van der Waals surface area contributed by atoms with Crippen molar-refractivity contribution in [3.8, 4) is 0 Å². The van der Waals surface area contributed by atoms with Crippen molar-refractivity contribution in [2.75, 3.05) is 5.43 Å². The lowest BCUT2D eigenvalue weighted by molar-refractivity contribution is -0.151. The molecule has 0 bridgehead atoms. The molecule has 0 saturated heterocycles. The average Bonchev–Trinajstić information content (AvgIpc) is 2.89. The van der Waals surface area contributed by atoms with Gasteiger partial charge in [0.25, 0.3) is 0 Å². The topological polar surface area (TPSA) is 71.3 Å². The molecule has 5 heteroatoms. The Balaban J connectivity index is 1.99. The van der Waals surface area contributed by atoms with Crippen LogP contribution in [0.1, 0.15) is 32.1 Å². The first-order chi connectivity index (χ1) is 8.12. The Kier molecular flexibility index (Phi) is 3.17. The predicted octanol–water partition coefficient (Wildman–Crippen LogP) is 1.59. The number of amides is 1. The average molecular weight is 236 g/mol. The molecular formula is C12H16N2O3. The van der Waals surface area contributed by atoms with Gasteiger partial charge in [-0.25, -0.2) is 0 Å². The van der Waals surface area contributed by atoms with Crippen LogP contribution in [0.4, 0.5) is 0 Å². The highest BCUT2D eigenvalue weighted by Gasteiger charge is 2.42. The van der Waals surface area contributed by atoms with E-state index < -0.39 is 11.4 Å². The summed E-state index contributed by atoms with van der Waals surface area (Å²) >= 11 is 0. The third kappa shape index (κ3) is 2.49. The number of aliphatic carboxylic acids is 1. The molecule has 17 heavy (non-hydrogen) atoms. The number of hydrogen-bond acceptors (Lipinski definition) is 2. The van der Waals surface area contributed by atoms with Crippen LogP contribution in [0.25, 0.3) is 0 Å². The van der Waals surface area contributed by atoms with Crippen molar-refractivity contribution in [1.82, 2.24) is 4.68 Å². The monoisotopic (exact) mass is 236 g/mol. The number of nitrogens with zero attached hydrogens (tertiary/aromatic N) is 1. The predicted molar refractivity (Wildman–Crippen MR) is 62.0 cm³/mol. The van der Waals surface area contributed by atoms with Crippen LogP contribution in [0.5, 0.6) is 0 Å². The number of hydrogen-bond donors (Lipinski definition) is 2. The molecule has 2 N–H and O–H groups in total. The highest BCUT2D eigenvalue weighted by atomic mass is 16.4. The largest absolute Gasteiger partial charge is 0.481 e. The van der Waals surface area contributed by atoms with Gasteiger partial charge >= 0.3 is 5.97 Å². The van der Waals surface area contributed by atoms with E-state index in [0.29, 0.717) is 12.8 Å². The molecule has 0 radical (unpaired) electrons. The van der Waals surface area contributed by atoms with Crippen LogP contribution in [0.15, 0.2) is 24.5 Å². The number of carboxylic acid groups (broad SMARTS) is 1. The van der Waals surface area contributed by atoms with Crippen molar-refractivity contribution in [2.24, 2.45) is 5.41 Å². The summed E-state index contributed by atoms with van der Waals surface area (Å²) < 4.78 is 1.53. The van der Waals surface area contributed by atoms with E-state index in [4.69, 9.17) is 0 Å². The maximum Gasteiger partial charge on any atom is 0.310 e. The summed E-state index contributed by atoms with van der Waals surface area (Å²) in [6.07, 6.45) is 6.45. The molecule has 1 aromatic rings. The van der Waals surface area contributed by atoms with Gasteiger partial charge < -0.3 is 5.11 Å². The second kappa shape index (κ2) is 4.61. The third-order valence-electron chi connectivity index (χ3n) is 3.37. The molecule has 1 amide bonds. The molecule has 0 aliphatic heterocycles. The second-order valence-corrected chi connectivity index (χ2v) is 4.59. The summed E-state index contributed by atoms with van der Waals surface area (Å²) in [5.74, 6) is -1.09. The standard InChI is InChI=1S/C12H16N2O3/c15-10(13-14-7-3-4-8-14)9-12(11(16)17)5-1-2-6-12/h3-4,7-8H,1-2,5-6,9H2,(H,13,15)(H,16,17). The van der Waals surface area contributed by atoms with Gasteiger partial charge in [0, 0.05) is 18.8 Å². The summed E-state index contributed by atoms with van der Waals surface area (Å²) in [5.41, 5.74) is 1.79. The van der Waals surface area contributed by atoms with Crippen LogP contribution in [0.2, 0.25) is 0 Å². The van der Waals surface area contributed by atoms with Crippen LogP contribution in [0.3, 0.4) is 0 Å². The van der Waals surface area contributed by atoms with Gasteiger partial charge in [-0.1, -0.05) is 12.8 Å². The fourth-order valence-corrected chi connectivity index (χ4v) is 2.42. The normalized spacial score (nSPS) is 17.9. The highest BCUT2D eigenvalue weighted by Crippen LogP contribution is 2.41. The van der Waals surface area contributed by atoms with Gasteiger partial charge in [-0.05, 0) is 25.0 Å². The van der Waals surface area contributed by atoms with E-state index in [1.165, 1.54) is 4.68 Å². The Bertz CT molecular complexity index is 405. The number of carbonyl (C=O) groups is 2. The number of nitrogens with one attached hydrogen (secondary N) is 1. The molecule has 92 valence electrons. The van der Waals surface area contributed by atoms with E-state index in [-0.39, 0.29) is 12.3 Å². The Labute approximate surface area is 99.4 Å². The van der Waals surface area contributed by atoms with Crippen LogP contribution in [0, 0.1) is 5.41 Å². The summed E-state index contributed by atoms with van der Waals surface area (Å²) in [4.78, 5) is 23.1. The first-order valence-corrected chi connectivity index (χ1v) is 5.79. The van der Waals surface area contributed by atoms with E-state index in [1.54, 1.807) is 24.5 Å². The smallest absolute Gasteiger partial charge is 0.310 e. The van der Waals surface area contributed by atoms with Crippen molar-refractivity contribution >= 4 is 11.9 Å². The maximum atomic E-state index is 11.8. The lowest BCUT2D eigenvalue weighted by atomic mass is 9.82. The molecule has 0 unspecified atom stereocenters. The molecule has 1 aliphatic rings. The molecule has 0 spiro atoms. The van der Waals surface area contributed by atoms with Gasteiger partial charge in [0.05, 0.1) is 5.41 Å². The van der Waals surface area contributed by atoms with E-state index >= 15 is 0 Å². The third-order valence-corrected chi connectivity index (χ3v) is 3.37. The Morgan fingerprint density at radius 2 is 1.82 bits per heavy atom. The van der Waals surface area contributed by atoms with Crippen LogP contribution >= 0.6 is 0 Å². The Hall–Kier alpha value is -1.78. The number of carboxylic acids is 1. The summed E-state index contributed by atoms with van der Waals surface area (Å²) in [6, 6.07) is 3.59. The van der Waals surface area contributed by atoms with Gasteiger partial charge in [-0.3, -0.25) is 19.7 Å². The maximum absolute atomic E-state index is 11.8. The first-order valence-electron chi connectivity index (χ1n) is 5.79. The first kappa shape index (κ1) is 11.7. The molecule has 1 fully saturated rings. The minimum absolute atomic E-state index is 0.0561. The van der Waals surface area contributed by atoms with Crippen molar-refractivity contribution in [3.05, 3.63) is 24.5 Å². The van der Waals surface area contributed by atoms with Crippen molar-refractivity contribution < 1.29 is 14.7 Å². The Morgan fingerprint density at radius 3 is 2.35 bits per heavy atom. The molecule has 0 atom stereocenters. The molecule has 1 saturated carbocycles. The lowest BCUT2D eigenvalue weighted by Gasteiger charge is -2.22. The van der Waals surface area contributed by atoms with Crippen molar-refractivity contribution in [1.29, 1.82) is 0 Å².